The Morgan fingerprint density at radius 1 is 1.20 bits per heavy atom. The van der Waals surface area contributed by atoms with Crippen molar-refractivity contribution in [2.75, 3.05) is 18.1 Å². The average Bonchev–Trinajstić information content (AvgIpc) is 3.21. The lowest BCUT2D eigenvalue weighted by Crippen LogP contribution is -2.45. The molecule has 1 saturated carbocycles. The number of rotatable bonds is 10. The highest BCUT2D eigenvalue weighted by atomic mass is 31.2. The van der Waals surface area contributed by atoms with Crippen molar-refractivity contribution in [3.8, 4) is 5.75 Å². The number of nitrogen functional groups attached to an aromatic ring is 1. The van der Waals surface area contributed by atoms with Gasteiger partial charge in [-0.15, -0.1) is 0 Å². The van der Waals surface area contributed by atoms with Crippen LogP contribution in [0.25, 0.3) is 21.9 Å². The average molecular weight is 630 g/mol. The molecule has 6 rings (SSSR count). The minimum Gasteiger partial charge on any atom is -0.462 e. The predicted octanol–water partition coefficient (Wildman–Crippen LogP) is 3.48. The van der Waals surface area contributed by atoms with Crippen LogP contribution < -0.4 is 20.7 Å². The van der Waals surface area contributed by atoms with Gasteiger partial charge in [0.1, 0.15) is 24.0 Å². The van der Waals surface area contributed by atoms with Crippen molar-refractivity contribution in [3.63, 3.8) is 0 Å². The Morgan fingerprint density at radius 2 is 1.93 bits per heavy atom. The fourth-order valence-corrected chi connectivity index (χ4v) is 7.23. The van der Waals surface area contributed by atoms with Crippen LogP contribution >= 0.6 is 7.75 Å². The number of aromatic nitrogens is 4. The highest BCUT2D eigenvalue weighted by Crippen LogP contribution is 2.66. The van der Waals surface area contributed by atoms with Gasteiger partial charge in [-0.25, -0.2) is 13.9 Å². The third-order valence-electron chi connectivity index (χ3n) is 7.76. The monoisotopic (exact) mass is 629 g/mol. The van der Waals surface area contributed by atoms with E-state index in [1.54, 1.807) is 45.2 Å². The van der Waals surface area contributed by atoms with E-state index in [1.807, 2.05) is 18.2 Å². The molecule has 7 atom stereocenters. The Morgan fingerprint density at radius 3 is 2.61 bits per heavy atom. The van der Waals surface area contributed by atoms with Crippen LogP contribution in [0.1, 0.15) is 33.9 Å². The summed E-state index contributed by atoms with van der Waals surface area (Å²) in [5.74, 6) is -0.265. The first-order valence-corrected chi connectivity index (χ1v) is 15.5. The van der Waals surface area contributed by atoms with Gasteiger partial charge in [0.05, 0.1) is 12.4 Å². The number of carbonyl (C=O) groups is 1. The number of imidazole rings is 1. The van der Waals surface area contributed by atoms with E-state index in [1.165, 1.54) is 17.8 Å². The van der Waals surface area contributed by atoms with Gasteiger partial charge in [0.2, 0.25) is 5.95 Å². The number of carbonyl (C=O) groups excluding carboxylic acids is 1. The van der Waals surface area contributed by atoms with Crippen LogP contribution in [0.5, 0.6) is 5.75 Å². The second-order valence-electron chi connectivity index (χ2n) is 11.2. The van der Waals surface area contributed by atoms with Gasteiger partial charge in [0.25, 0.3) is 0 Å². The van der Waals surface area contributed by atoms with E-state index in [4.69, 9.17) is 24.3 Å². The summed E-state index contributed by atoms with van der Waals surface area (Å²) in [6.45, 7) is 5.92. The normalized spacial score (nSPS) is 28.0. The van der Waals surface area contributed by atoms with E-state index in [0.717, 1.165) is 12.3 Å². The minimum absolute atomic E-state index is 0.0741. The molecule has 44 heavy (non-hydrogen) atoms. The van der Waals surface area contributed by atoms with Crippen LogP contribution in [0.15, 0.2) is 48.8 Å². The Balaban J connectivity index is 1.30. The number of hydrogen-bond donors (Lipinski definition) is 4. The van der Waals surface area contributed by atoms with Crippen molar-refractivity contribution in [2.45, 2.75) is 69.5 Å². The molecule has 0 amide bonds. The van der Waals surface area contributed by atoms with Gasteiger partial charge in [0, 0.05) is 12.4 Å². The van der Waals surface area contributed by atoms with Crippen molar-refractivity contribution in [1.82, 2.24) is 24.6 Å². The van der Waals surface area contributed by atoms with Crippen molar-refractivity contribution < 1.29 is 37.4 Å². The number of aliphatic hydroxyl groups is 1. The summed E-state index contributed by atoms with van der Waals surface area (Å²) < 4.78 is 55.3. The molecule has 2 aromatic heterocycles. The molecule has 16 heteroatoms. The lowest BCUT2D eigenvalue weighted by molar-refractivity contribution is -0.149. The predicted molar refractivity (Wildman–Crippen MR) is 159 cm³/mol. The standard InChI is InChI=1S/C28H33FN7O7P/c1-14(2)40-24(37)15(3)35-44(39,42-18-12-8-10-16-9-6-7-11-17(16)18)43-21-20-28(21,38)27(4,29)25(41-20)36-13-32-19-22(31-5)33-26(30)34-23(19)36/h6-15,20-21,25,38H,1-5H3,(H,35,39)(H3,30,31,33,34)/t15-,20+,21?,25+,27-,28-,44+/m0/s1. The number of esters is 1. The topological polar surface area (TPSA) is 185 Å². The first-order valence-electron chi connectivity index (χ1n) is 14.0. The molecule has 2 fully saturated rings. The first kappa shape index (κ1) is 30.2. The number of ether oxygens (including phenoxy) is 2. The molecule has 0 bridgehead atoms. The van der Waals surface area contributed by atoms with Crippen LogP contribution in [0.4, 0.5) is 16.2 Å². The summed E-state index contributed by atoms with van der Waals surface area (Å²) in [6, 6.07) is 11.2. The minimum atomic E-state index is -4.50. The van der Waals surface area contributed by atoms with Crippen LogP contribution in [-0.4, -0.2) is 73.3 Å². The van der Waals surface area contributed by atoms with Gasteiger partial charge in [-0.3, -0.25) is 13.9 Å². The first-order chi connectivity index (χ1) is 20.8. The van der Waals surface area contributed by atoms with Gasteiger partial charge < -0.3 is 30.2 Å². The summed E-state index contributed by atoms with van der Waals surface area (Å²) in [5.41, 5.74) is 1.60. The van der Waals surface area contributed by atoms with E-state index in [0.29, 0.717) is 16.7 Å². The maximum Gasteiger partial charge on any atom is 0.459 e. The summed E-state index contributed by atoms with van der Waals surface area (Å²) in [6.07, 6.45) is -3.21. The molecule has 1 aliphatic carbocycles. The Labute approximate surface area is 251 Å². The molecule has 0 spiro atoms. The number of anilines is 2. The zero-order chi connectivity index (χ0) is 31.6. The van der Waals surface area contributed by atoms with E-state index in [2.05, 4.69) is 25.4 Å². The van der Waals surface area contributed by atoms with Gasteiger partial charge in [-0.05, 0) is 39.1 Å². The molecule has 5 N–H and O–H groups in total. The molecule has 4 aromatic rings. The molecule has 3 heterocycles. The molecule has 2 aromatic carbocycles. The fourth-order valence-electron chi connectivity index (χ4n) is 5.51. The van der Waals surface area contributed by atoms with Gasteiger partial charge >= 0.3 is 13.7 Å². The molecule has 14 nitrogen and oxygen atoms in total. The highest BCUT2D eigenvalue weighted by molar-refractivity contribution is 7.52. The summed E-state index contributed by atoms with van der Waals surface area (Å²) in [5, 5.41) is 18.5. The Kier molecular flexibility index (Phi) is 7.29. The molecular formula is C28H33FN7O7P. The van der Waals surface area contributed by atoms with Gasteiger partial charge in [-0.1, -0.05) is 36.4 Å². The molecule has 0 radical (unpaired) electrons. The number of fused-ring (bicyclic) bond motifs is 3. The summed E-state index contributed by atoms with van der Waals surface area (Å²) in [4.78, 5) is 25.2. The maximum absolute atomic E-state index is 16.6. The lowest BCUT2D eigenvalue weighted by Gasteiger charge is -2.32. The molecular weight excluding hydrogens is 596 g/mol. The van der Waals surface area contributed by atoms with Gasteiger partial charge in [0.15, 0.2) is 34.5 Å². The van der Waals surface area contributed by atoms with Gasteiger partial charge in [-0.2, -0.15) is 15.1 Å². The Hall–Kier alpha value is -3.88. The number of hydrogen-bond acceptors (Lipinski definition) is 12. The smallest absolute Gasteiger partial charge is 0.459 e. The zero-order valence-corrected chi connectivity index (χ0v) is 25.5. The number of halogens is 1. The SMILES string of the molecule is CNc1nc(N)nc2c1ncn2[C@@H]1O[C@@H]2C(O[P@@](=O)(N[C@@H](C)C(=O)OC(C)C)Oc3cccc4ccccc34)[C@]2(O)[C@@]1(C)F. The van der Waals surface area contributed by atoms with E-state index in [-0.39, 0.29) is 17.3 Å². The van der Waals surface area contributed by atoms with Crippen molar-refractivity contribution >= 4 is 47.4 Å². The van der Waals surface area contributed by atoms with E-state index < -0.39 is 55.6 Å². The van der Waals surface area contributed by atoms with Crippen LogP contribution in [0.3, 0.4) is 0 Å². The largest absolute Gasteiger partial charge is 0.462 e. The van der Waals surface area contributed by atoms with Crippen LogP contribution in [0, 0.1) is 0 Å². The van der Waals surface area contributed by atoms with E-state index in [9.17, 15) is 14.5 Å². The van der Waals surface area contributed by atoms with Crippen molar-refractivity contribution in [3.05, 3.63) is 48.8 Å². The highest BCUT2D eigenvalue weighted by Gasteiger charge is 2.85. The quantitative estimate of drug-likeness (QED) is 0.148. The maximum atomic E-state index is 16.6. The number of nitrogens with zero attached hydrogens (tertiary/aromatic N) is 4. The molecule has 1 saturated heterocycles. The molecule has 1 aliphatic heterocycles. The number of benzene rings is 2. The lowest BCUT2D eigenvalue weighted by atomic mass is 9.97. The number of nitrogens with one attached hydrogen (secondary N) is 2. The van der Waals surface area contributed by atoms with Crippen LogP contribution in [-0.2, 0) is 23.4 Å². The molecule has 1 unspecified atom stereocenters. The third kappa shape index (κ3) is 4.85. The second kappa shape index (κ2) is 10.6. The number of nitrogens with two attached hydrogens (primary N) is 1. The second-order valence-corrected chi connectivity index (χ2v) is 12.9. The Bertz CT molecular complexity index is 1800. The third-order valence-corrected chi connectivity index (χ3v) is 9.41. The van der Waals surface area contributed by atoms with Crippen molar-refractivity contribution in [1.29, 1.82) is 0 Å². The van der Waals surface area contributed by atoms with E-state index >= 15 is 4.39 Å². The molecule has 234 valence electrons. The number of alkyl halides is 1. The van der Waals surface area contributed by atoms with Crippen molar-refractivity contribution in [2.24, 2.45) is 0 Å². The summed E-state index contributed by atoms with van der Waals surface area (Å²) in [7, 11) is -2.88. The fraction of sp³-hybridized carbons (Fsp3) is 0.429. The zero-order valence-electron chi connectivity index (χ0n) is 24.6. The van der Waals surface area contributed by atoms with Crippen LogP contribution in [0.2, 0.25) is 0 Å². The molecule has 2 aliphatic rings. The summed E-state index contributed by atoms with van der Waals surface area (Å²) >= 11 is 0.